The lowest BCUT2D eigenvalue weighted by Crippen LogP contribution is -2.42. The van der Waals surface area contributed by atoms with Crippen LogP contribution in [0, 0.1) is 0 Å². The van der Waals surface area contributed by atoms with Crippen LogP contribution < -0.4 is 19.5 Å². The van der Waals surface area contributed by atoms with E-state index in [1.807, 2.05) is 0 Å². The lowest BCUT2D eigenvalue weighted by molar-refractivity contribution is -0.128. The zero-order chi connectivity index (χ0) is 17.7. The van der Waals surface area contributed by atoms with E-state index in [-0.39, 0.29) is 5.91 Å². The van der Waals surface area contributed by atoms with Gasteiger partial charge in [-0.15, -0.1) is 0 Å². The molecule has 6 heteroatoms. The molecule has 0 atom stereocenters. The molecule has 0 aliphatic rings. The summed E-state index contributed by atoms with van der Waals surface area (Å²) in [6.45, 7) is 3.37. The summed E-state index contributed by atoms with van der Waals surface area (Å²) in [5.74, 6) is 1.38. The van der Waals surface area contributed by atoms with Crippen LogP contribution in [0.1, 0.15) is 13.8 Å². The van der Waals surface area contributed by atoms with E-state index in [1.165, 1.54) is 7.11 Å². The Balaban J connectivity index is 2.16. The molecule has 0 heterocycles. The average molecular weight is 350 g/mol. The SMILES string of the molecule is COc1ccc(OC)c(NC(=O)C(C)(C)Oc2ccc(Cl)cc2)c1. The summed E-state index contributed by atoms with van der Waals surface area (Å²) >= 11 is 5.85. The van der Waals surface area contributed by atoms with Crippen LogP contribution in [0.2, 0.25) is 5.02 Å². The number of anilines is 1. The first-order valence-electron chi connectivity index (χ1n) is 7.34. The van der Waals surface area contributed by atoms with Crippen molar-refractivity contribution in [2.45, 2.75) is 19.4 Å². The normalized spacial score (nSPS) is 10.9. The number of amides is 1. The number of hydrogen-bond acceptors (Lipinski definition) is 4. The maximum absolute atomic E-state index is 12.6. The molecule has 0 spiro atoms. The third-order valence-corrected chi connectivity index (χ3v) is 3.64. The lowest BCUT2D eigenvalue weighted by atomic mass is 10.1. The highest BCUT2D eigenvalue weighted by Gasteiger charge is 2.30. The Morgan fingerprint density at radius 3 is 2.21 bits per heavy atom. The van der Waals surface area contributed by atoms with Crippen LogP contribution in [-0.2, 0) is 4.79 Å². The van der Waals surface area contributed by atoms with Crippen LogP contribution in [-0.4, -0.2) is 25.7 Å². The molecule has 0 aliphatic heterocycles. The van der Waals surface area contributed by atoms with Crippen molar-refractivity contribution in [3.8, 4) is 17.2 Å². The Morgan fingerprint density at radius 2 is 1.62 bits per heavy atom. The van der Waals surface area contributed by atoms with E-state index in [1.54, 1.807) is 63.4 Å². The molecule has 24 heavy (non-hydrogen) atoms. The monoisotopic (exact) mass is 349 g/mol. The first-order chi connectivity index (χ1) is 11.4. The number of hydrogen-bond donors (Lipinski definition) is 1. The van der Waals surface area contributed by atoms with Gasteiger partial charge in [-0.25, -0.2) is 0 Å². The molecule has 2 rings (SSSR count). The van der Waals surface area contributed by atoms with Crippen molar-refractivity contribution in [3.63, 3.8) is 0 Å². The summed E-state index contributed by atoms with van der Waals surface area (Å²) in [6, 6.07) is 12.0. The van der Waals surface area contributed by atoms with E-state index in [2.05, 4.69) is 5.32 Å². The zero-order valence-electron chi connectivity index (χ0n) is 14.1. The minimum Gasteiger partial charge on any atom is -0.497 e. The van der Waals surface area contributed by atoms with Crippen molar-refractivity contribution < 1.29 is 19.0 Å². The molecule has 0 bridgehead atoms. The standard InChI is InChI=1S/C18H20ClNO4/c1-18(2,24-13-7-5-12(19)6-8-13)17(21)20-15-11-14(22-3)9-10-16(15)23-4/h5-11H,1-4H3,(H,20,21). The highest BCUT2D eigenvalue weighted by Crippen LogP contribution is 2.30. The minimum absolute atomic E-state index is 0.316. The number of carbonyl (C=O) groups is 1. The van der Waals surface area contributed by atoms with Crippen LogP contribution in [0.5, 0.6) is 17.2 Å². The smallest absolute Gasteiger partial charge is 0.268 e. The van der Waals surface area contributed by atoms with Gasteiger partial charge in [0.1, 0.15) is 17.2 Å². The van der Waals surface area contributed by atoms with Gasteiger partial charge in [0.25, 0.3) is 5.91 Å². The summed E-state index contributed by atoms with van der Waals surface area (Å²) in [4.78, 5) is 12.6. The third kappa shape index (κ3) is 4.32. The predicted molar refractivity (Wildman–Crippen MR) is 94.3 cm³/mol. The van der Waals surface area contributed by atoms with E-state index in [9.17, 15) is 4.79 Å². The Kier molecular flexibility index (Phi) is 5.57. The second-order valence-corrected chi connectivity index (χ2v) is 6.02. The second kappa shape index (κ2) is 7.45. The molecule has 0 aromatic heterocycles. The second-order valence-electron chi connectivity index (χ2n) is 5.59. The van der Waals surface area contributed by atoms with Crippen LogP contribution in [0.4, 0.5) is 5.69 Å². The van der Waals surface area contributed by atoms with Crippen molar-refractivity contribution >= 4 is 23.2 Å². The molecular weight excluding hydrogens is 330 g/mol. The summed E-state index contributed by atoms with van der Waals surface area (Å²) < 4.78 is 16.2. The molecule has 0 fully saturated rings. The van der Waals surface area contributed by atoms with Crippen LogP contribution in [0.3, 0.4) is 0 Å². The predicted octanol–water partition coefficient (Wildman–Crippen LogP) is 4.15. The number of halogens is 1. The van der Waals surface area contributed by atoms with Crippen LogP contribution in [0.15, 0.2) is 42.5 Å². The molecule has 0 saturated carbocycles. The fourth-order valence-electron chi connectivity index (χ4n) is 2.03. The third-order valence-electron chi connectivity index (χ3n) is 3.39. The maximum Gasteiger partial charge on any atom is 0.268 e. The molecule has 0 aliphatic carbocycles. The molecule has 0 radical (unpaired) electrons. The van der Waals surface area contributed by atoms with Gasteiger partial charge in [0, 0.05) is 11.1 Å². The highest BCUT2D eigenvalue weighted by atomic mass is 35.5. The van der Waals surface area contributed by atoms with E-state index in [0.717, 1.165) is 0 Å². The van der Waals surface area contributed by atoms with Gasteiger partial charge in [0.2, 0.25) is 0 Å². The van der Waals surface area contributed by atoms with Gasteiger partial charge in [-0.3, -0.25) is 4.79 Å². The number of ether oxygens (including phenoxy) is 3. The van der Waals surface area contributed by atoms with Gasteiger partial charge in [-0.05, 0) is 50.2 Å². The quantitative estimate of drug-likeness (QED) is 0.851. The summed E-state index contributed by atoms with van der Waals surface area (Å²) in [6.07, 6.45) is 0. The van der Waals surface area contributed by atoms with E-state index in [0.29, 0.717) is 28.0 Å². The fourth-order valence-corrected chi connectivity index (χ4v) is 2.15. The van der Waals surface area contributed by atoms with Crippen molar-refractivity contribution in [1.82, 2.24) is 0 Å². The Bertz CT molecular complexity index is 713. The van der Waals surface area contributed by atoms with Crippen molar-refractivity contribution in [2.75, 3.05) is 19.5 Å². The topological polar surface area (TPSA) is 56.8 Å². The molecule has 0 saturated heterocycles. The van der Waals surface area contributed by atoms with Gasteiger partial charge in [0.15, 0.2) is 5.60 Å². The van der Waals surface area contributed by atoms with E-state index < -0.39 is 5.60 Å². The average Bonchev–Trinajstić information content (AvgIpc) is 2.56. The van der Waals surface area contributed by atoms with Gasteiger partial charge < -0.3 is 19.5 Å². The lowest BCUT2D eigenvalue weighted by Gasteiger charge is -2.26. The Hall–Kier alpha value is -2.40. The Morgan fingerprint density at radius 1 is 1.00 bits per heavy atom. The van der Waals surface area contributed by atoms with Crippen LogP contribution in [0.25, 0.3) is 0 Å². The molecule has 128 valence electrons. The van der Waals surface area contributed by atoms with Crippen molar-refractivity contribution in [1.29, 1.82) is 0 Å². The molecule has 5 nitrogen and oxygen atoms in total. The summed E-state index contributed by atoms with van der Waals surface area (Å²) in [5, 5.41) is 3.42. The maximum atomic E-state index is 12.6. The molecular formula is C18H20ClNO4. The number of nitrogens with one attached hydrogen (secondary N) is 1. The number of carbonyl (C=O) groups excluding carboxylic acids is 1. The van der Waals surface area contributed by atoms with Gasteiger partial charge in [-0.1, -0.05) is 11.6 Å². The van der Waals surface area contributed by atoms with Gasteiger partial charge >= 0.3 is 0 Å². The fraction of sp³-hybridized carbons (Fsp3) is 0.278. The van der Waals surface area contributed by atoms with E-state index >= 15 is 0 Å². The van der Waals surface area contributed by atoms with E-state index in [4.69, 9.17) is 25.8 Å². The van der Waals surface area contributed by atoms with Crippen molar-refractivity contribution in [3.05, 3.63) is 47.5 Å². The zero-order valence-corrected chi connectivity index (χ0v) is 14.8. The highest BCUT2D eigenvalue weighted by molar-refractivity contribution is 6.30. The van der Waals surface area contributed by atoms with Crippen LogP contribution >= 0.6 is 11.6 Å². The number of rotatable bonds is 6. The van der Waals surface area contributed by atoms with Gasteiger partial charge in [0.05, 0.1) is 19.9 Å². The molecule has 2 aromatic carbocycles. The van der Waals surface area contributed by atoms with Crippen molar-refractivity contribution in [2.24, 2.45) is 0 Å². The Labute approximate surface area is 146 Å². The molecule has 0 unspecified atom stereocenters. The van der Waals surface area contributed by atoms with Gasteiger partial charge in [-0.2, -0.15) is 0 Å². The molecule has 2 aromatic rings. The summed E-state index contributed by atoms with van der Waals surface area (Å²) in [5.41, 5.74) is -0.586. The number of benzene rings is 2. The first-order valence-corrected chi connectivity index (χ1v) is 7.71. The largest absolute Gasteiger partial charge is 0.497 e. The summed E-state index contributed by atoms with van der Waals surface area (Å²) in [7, 11) is 3.09. The molecule has 1 N–H and O–H groups in total. The molecule has 1 amide bonds. The first kappa shape index (κ1) is 17.9. The minimum atomic E-state index is -1.10. The number of methoxy groups -OCH3 is 2.